The molecule has 0 amide bonds. The fourth-order valence-corrected chi connectivity index (χ4v) is 2.40. The minimum atomic E-state index is -0.190. The van der Waals surface area contributed by atoms with Crippen molar-refractivity contribution >= 4 is 0 Å². The molecule has 1 aliphatic carbocycles. The first-order chi connectivity index (χ1) is 6.29. The van der Waals surface area contributed by atoms with Crippen LogP contribution in [-0.4, -0.2) is 12.1 Å². The lowest BCUT2D eigenvalue weighted by Crippen LogP contribution is -2.47. The summed E-state index contributed by atoms with van der Waals surface area (Å²) in [6.45, 7) is 5.31. The Labute approximate surface area is 81.3 Å². The Kier molecular flexibility index (Phi) is 3.74. The van der Waals surface area contributed by atoms with E-state index >= 15 is 0 Å². The maximum Gasteiger partial charge on any atom is 0.109 e. The molecule has 0 bridgehead atoms. The zero-order chi connectivity index (χ0) is 9.73. The molecule has 1 N–H and O–H groups in total. The van der Waals surface area contributed by atoms with E-state index in [0.29, 0.717) is 5.92 Å². The second-order valence-electron chi connectivity index (χ2n) is 4.01. The highest BCUT2D eigenvalue weighted by Gasteiger charge is 2.41. The molecule has 74 valence electrons. The Morgan fingerprint density at radius 1 is 1.54 bits per heavy atom. The summed E-state index contributed by atoms with van der Waals surface area (Å²) in [4.78, 5) is 0. The first kappa shape index (κ1) is 10.5. The number of nitrogens with one attached hydrogen (secondary N) is 1. The molecule has 1 aliphatic rings. The van der Waals surface area contributed by atoms with Gasteiger partial charge in [0.15, 0.2) is 0 Å². The summed E-state index contributed by atoms with van der Waals surface area (Å²) in [6.07, 6.45) is 5.72. The lowest BCUT2D eigenvalue weighted by molar-refractivity contribution is 0.310. The fraction of sp³-hybridized carbons (Fsp3) is 0.909. The third kappa shape index (κ3) is 2.03. The quantitative estimate of drug-likeness (QED) is 0.721. The van der Waals surface area contributed by atoms with Crippen molar-refractivity contribution in [2.24, 2.45) is 5.92 Å². The molecule has 13 heavy (non-hydrogen) atoms. The van der Waals surface area contributed by atoms with E-state index in [4.69, 9.17) is 0 Å². The molecule has 0 aromatic heterocycles. The molecule has 0 aliphatic heterocycles. The average Bonchev–Trinajstić information content (AvgIpc) is 2.58. The van der Waals surface area contributed by atoms with E-state index in [9.17, 15) is 5.26 Å². The van der Waals surface area contributed by atoms with Gasteiger partial charge in [-0.3, -0.25) is 5.32 Å². The van der Waals surface area contributed by atoms with Gasteiger partial charge in [-0.05, 0) is 31.7 Å². The van der Waals surface area contributed by atoms with Gasteiger partial charge in [-0.25, -0.2) is 0 Å². The summed E-state index contributed by atoms with van der Waals surface area (Å²) < 4.78 is 0. The topological polar surface area (TPSA) is 35.8 Å². The minimum absolute atomic E-state index is 0.190. The highest BCUT2D eigenvalue weighted by atomic mass is 15.0. The Hall–Kier alpha value is -0.550. The highest BCUT2D eigenvalue weighted by Crippen LogP contribution is 2.37. The zero-order valence-corrected chi connectivity index (χ0v) is 8.77. The molecule has 1 saturated carbocycles. The highest BCUT2D eigenvalue weighted by molar-refractivity contribution is 5.13. The van der Waals surface area contributed by atoms with Gasteiger partial charge in [-0.2, -0.15) is 5.26 Å². The normalized spacial score (nSPS) is 33.2. The Balaban J connectivity index is 2.62. The van der Waals surface area contributed by atoms with Crippen LogP contribution in [0.25, 0.3) is 0 Å². The molecule has 0 aromatic rings. The third-order valence-corrected chi connectivity index (χ3v) is 3.20. The predicted octanol–water partition coefficient (Wildman–Crippen LogP) is 2.46. The predicted molar refractivity (Wildman–Crippen MR) is 54.3 cm³/mol. The second-order valence-corrected chi connectivity index (χ2v) is 4.01. The van der Waals surface area contributed by atoms with E-state index in [1.54, 1.807) is 0 Å². The summed E-state index contributed by atoms with van der Waals surface area (Å²) in [6, 6.07) is 2.50. The summed E-state index contributed by atoms with van der Waals surface area (Å²) in [5.74, 6) is 0.573. The number of hydrogen-bond donors (Lipinski definition) is 1. The van der Waals surface area contributed by atoms with E-state index in [0.717, 1.165) is 25.8 Å². The summed E-state index contributed by atoms with van der Waals surface area (Å²) in [5.41, 5.74) is -0.190. The lowest BCUT2D eigenvalue weighted by Gasteiger charge is -2.29. The Morgan fingerprint density at radius 3 is 2.85 bits per heavy atom. The maximum absolute atomic E-state index is 9.23. The first-order valence-corrected chi connectivity index (χ1v) is 5.45. The molecular formula is C11H20N2. The molecular weight excluding hydrogens is 160 g/mol. The van der Waals surface area contributed by atoms with Gasteiger partial charge >= 0.3 is 0 Å². The maximum atomic E-state index is 9.23. The molecule has 2 heteroatoms. The van der Waals surface area contributed by atoms with Crippen molar-refractivity contribution in [3.8, 4) is 6.07 Å². The van der Waals surface area contributed by atoms with Crippen LogP contribution in [0, 0.1) is 17.2 Å². The second kappa shape index (κ2) is 4.62. The van der Waals surface area contributed by atoms with Crippen LogP contribution in [0.1, 0.15) is 46.0 Å². The molecule has 0 spiro atoms. The number of hydrogen-bond acceptors (Lipinski definition) is 2. The number of rotatable bonds is 4. The van der Waals surface area contributed by atoms with Crippen LogP contribution >= 0.6 is 0 Å². The van der Waals surface area contributed by atoms with E-state index in [2.05, 4.69) is 25.2 Å². The van der Waals surface area contributed by atoms with Crippen molar-refractivity contribution in [2.75, 3.05) is 6.54 Å². The lowest BCUT2D eigenvalue weighted by atomic mass is 9.86. The van der Waals surface area contributed by atoms with Crippen LogP contribution in [0.15, 0.2) is 0 Å². The number of nitriles is 1. The van der Waals surface area contributed by atoms with Gasteiger partial charge < -0.3 is 0 Å². The molecule has 2 atom stereocenters. The van der Waals surface area contributed by atoms with Crippen molar-refractivity contribution < 1.29 is 0 Å². The molecule has 1 fully saturated rings. The van der Waals surface area contributed by atoms with Crippen LogP contribution in [0.5, 0.6) is 0 Å². The van der Waals surface area contributed by atoms with Gasteiger partial charge in [-0.15, -0.1) is 0 Å². The van der Waals surface area contributed by atoms with Crippen molar-refractivity contribution in [3.63, 3.8) is 0 Å². The minimum Gasteiger partial charge on any atom is -0.299 e. The third-order valence-electron chi connectivity index (χ3n) is 3.20. The number of nitrogens with zero attached hydrogens (tertiary/aromatic N) is 1. The smallest absolute Gasteiger partial charge is 0.109 e. The fourth-order valence-electron chi connectivity index (χ4n) is 2.40. The van der Waals surface area contributed by atoms with Gasteiger partial charge in [0.2, 0.25) is 0 Å². The van der Waals surface area contributed by atoms with Gasteiger partial charge in [0, 0.05) is 0 Å². The molecule has 0 radical (unpaired) electrons. The van der Waals surface area contributed by atoms with E-state index in [-0.39, 0.29) is 5.54 Å². The average molecular weight is 180 g/mol. The SMILES string of the molecule is CCCNC1(C#N)CCCC1CC. The van der Waals surface area contributed by atoms with Crippen molar-refractivity contribution in [1.29, 1.82) is 5.26 Å². The van der Waals surface area contributed by atoms with Gasteiger partial charge in [-0.1, -0.05) is 26.7 Å². The van der Waals surface area contributed by atoms with Gasteiger partial charge in [0.05, 0.1) is 6.07 Å². The monoisotopic (exact) mass is 180 g/mol. The molecule has 0 saturated heterocycles. The van der Waals surface area contributed by atoms with Crippen LogP contribution in [0.2, 0.25) is 0 Å². The van der Waals surface area contributed by atoms with E-state index in [1.807, 2.05) is 0 Å². The van der Waals surface area contributed by atoms with Crippen molar-refractivity contribution in [3.05, 3.63) is 0 Å². The molecule has 1 rings (SSSR count). The van der Waals surface area contributed by atoms with Crippen LogP contribution in [0.4, 0.5) is 0 Å². The van der Waals surface area contributed by atoms with Crippen molar-refractivity contribution in [2.45, 2.75) is 51.5 Å². The Morgan fingerprint density at radius 2 is 2.31 bits per heavy atom. The van der Waals surface area contributed by atoms with Crippen LogP contribution < -0.4 is 5.32 Å². The zero-order valence-electron chi connectivity index (χ0n) is 8.77. The molecule has 2 unspecified atom stereocenters. The van der Waals surface area contributed by atoms with Crippen LogP contribution in [0.3, 0.4) is 0 Å². The Bertz CT molecular complexity index is 195. The van der Waals surface area contributed by atoms with Gasteiger partial charge in [0.1, 0.15) is 5.54 Å². The van der Waals surface area contributed by atoms with Crippen molar-refractivity contribution in [1.82, 2.24) is 5.32 Å². The van der Waals surface area contributed by atoms with E-state index in [1.165, 1.54) is 12.8 Å². The first-order valence-electron chi connectivity index (χ1n) is 5.45. The molecule has 0 heterocycles. The largest absolute Gasteiger partial charge is 0.299 e. The summed E-state index contributed by atoms with van der Waals surface area (Å²) >= 11 is 0. The standard InChI is InChI=1S/C11H20N2/c1-3-8-13-11(9-12)7-5-6-10(11)4-2/h10,13H,3-8H2,1-2H3. The van der Waals surface area contributed by atoms with E-state index < -0.39 is 0 Å². The van der Waals surface area contributed by atoms with Crippen LogP contribution in [-0.2, 0) is 0 Å². The summed E-state index contributed by atoms with van der Waals surface area (Å²) in [5, 5.41) is 12.7. The summed E-state index contributed by atoms with van der Waals surface area (Å²) in [7, 11) is 0. The molecule has 0 aromatic carbocycles. The molecule has 2 nitrogen and oxygen atoms in total. The van der Waals surface area contributed by atoms with Gasteiger partial charge in [0.25, 0.3) is 0 Å².